The summed E-state index contributed by atoms with van der Waals surface area (Å²) < 4.78 is 7.24. The summed E-state index contributed by atoms with van der Waals surface area (Å²) in [5.74, 6) is 0.491. The van der Waals surface area contributed by atoms with Crippen molar-refractivity contribution in [3.63, 3.8) is 0 Å². The van der Waals surface area contributed by atoms with E-state index in [0.29, 0.717) is 24.5 Å². The van der Waals surface area contributed by atoms with Gasteiger partial charge >= 0.3 is 0 Å². The number of para-hydroxylation sites is 1. The molecule has 8 nitrogen and oxygen atoms in total. The molecule has 2 aromatic heterocycles. The molecule has 174 valence electrons. The maximum absolute atomic E-state index is 12.5. The molecular formula is C25H25N5O3S. The number of hydrogen-bond donors (Lipinski definition) is 2. The van der Waals surface area contributed by atoms with Crippen LogP contribution in [-0.4, -0.2) is 33.2 Å². The summed E-state index contributed by atoms with van der Waals surface area (Å²) in [6, 6.07) is 16.9. The Balaban J connectivity index is 1.30. The van der Waals surface area contributed by atoms with E-state index in [4.69, 9.17) is 4.74 Å². The summed E-state index contributed by atoms with van der Waals surface area (Å²) in [5, 5.41) is 12.5. The van der Waals surface area contributed by atoms with Crippen molar-refractivity contribution < 1.29 is 14.3 Å². The molecule has 0 saturated heterocycles. The van der Waals surface area contributed by atoms with Crippen LogP contribution in [-0.2, 0) is 29.1 Å². The lowest BCUT2D eigenvalue weighted by atomic mass is 10.2. The topological polar surface area (TPSA) is 98.1 Å². The largest absolute Gasteiger partial charge is 0.493 e. The molecule has 9 heteroatoms. The van der Waals surface area contributed by atoms with E-state index < -0.39 is 0 Å². The normalized spacial score (nSPS) is 10.6. The molecule has 0 unspecified atom stereocenters. The summed E-state index contributed by atoms with van der Waals surface area (Å²) >= 11 is 1.49. The van der Waals surface area contributed by atoms with Crippen molar-refractivity contribution in [2.45, 2.75) is 26.4 Å². The van der Waals surface area contributed by atoms with Crippen molar-refractivity contribution >= 4 is 28.8 Å². The number of amides is 2. The van der Waals surface area contributed by atoms with Gasteiger partial charge < -0.3 is 15.4 Å². The van der Waals surface area contributed by atoms with Crippen LogP contribution in [0.2, 0.25) is 0 Å². The van der Waals surface area contributed by atoms with Crippen molar-refractivity contribution in [3.05, 3.63) is 83.6 Å². The van der Waals surface area contributed by atoms with Crippen LogP contribution in [0, 0.1) is 0 Å². The molecule has 0 fully saturated rings. The molecule has 2 N–H and O–H groups in total. The number of carbonyl (C=O) groups excluding carboxylic acids is 2. The van der Waals surface area contributed by atoms with E-state index in [1.807, 2.05) is 60.8 Å². The first-order valence-corrected chi connectivity index (χ1v) is 11.8. The highest BCUT2D eigenvalue weighted by Gasteiger charge is 2.12. The maximum Gasteiger partial charge on any atom is 0.246 e. The minimum Gasteiger partial charge on any atom is -0.493 e. The Kier molecular flexibility index (Phi) is 7.67. The van der Waals surface area contributed by atoms with E-state index in [2.05, 4.69) is 20.7 Å². The Bertz CT molecular complexity index is 1250. The number of benzene rings is 2. The Labute approximate surface area is 201 Å². The van der Waals surface area contributed by atoms with Crippen LogP contribution in [0.4, 0.5) is 5.69 Å². The highest BCUT2D eigenvalue weighted by atomic mass is 32.1. The van der Waals surface area contributed by atoms with Crippen molar-refractivity contribution in [1.82, 2.24) is 20.1 Å². The Morgan fingerprint density at radius 3 is 2.79 bits per heavy atom. The second-order valence-corrected chi connectivity index (χ2v) is 8.34. The third-order valence-corrected chi connectivity index (χ3v) is 5.80. The van der Waals surface area contributed by atoms with E-state index in [1.165, 1.54) is 11.3 Å². The van der Waals surface area contributed by atoms with Gasteiger partial charge in [-0.1, -0.05) is 24.3 Å². The molecule has 2 heterocycles. The van der Waals surface area contributed by atoms with E-state index in [0.717, 1.165) is 21.9 Å². The van der Waals surface area contributed by atoms with E-state index in [9.17, 15) is 9.59 Å². The monoisotopic (exact) mass is 475 g/mol. The summed E-state index contributed by atoms with van der Waals surface area (Å²) in [4.78, 5) is 29.3. The predicted molar refractivity (Wildman–Crippen MR) is 132 cm³/mol. The molecule has 2 aromatic carbocycles. The van der Waals surface area contributed by atoms with Crippen molar-refractivity contribution in [3.8, 4) is 16.3 Å². The molecule has 0 spiro atoms. The molecular weight excluding hydrogens is 450 g/mol. The molecule has 0 aliphatic rings. The first kappa shape index (κ1) is 23.2. The Hall–Kier alpha value is -3.98. The average molecular weight is 476 g/mol. The summed E-state index contributed by atoms with van der Waals surface area (Å²) in [6.07, 6.45) is 3.55. The van der Waals surface area contributed by atoms with E-state index in [1.54, 1.807) is 23.1 Å². The van der Waals surface area contributed by atoms with Crippen LogP contribution in [0.1, 0.15) is 18.2 Å². The average Bonchev–Trinajstić information content (AvgIpc) is 3.51. The SMILES string of the molecule is CCOc1ccccc1-c1nc(CC(=O)NCc2cccc(NC(=O)Cn3cccn3)c2)cs1. The number of thiazole rings is 1. The number of anilines is 1. The first-order valence-electron chi connectivity index (χ1n) is 10.9. The van der Waals surface area contributed by atoms with Crippen LogP contribution in [0.5, 0.6) is 5.75 Å². The van der Waals surface area contributed by atoms with Crippen LogP contribution in [0.3, 0.4) is 0 Å². The second kappa shape index (κ2) is 11.2. The van der Waals surface area contributed by atoms with Crippen LogP contribution in [0.15, 0.2) is 72.4 Å². The number of rotatable bonds is 10. The zero-order chi connectivity index (χ0) is 23.8. The number of ether oxygens (including phenoxy) is 1. The van der Waals surface area contributed by atoms with Gasteiger partial charge in [0.25, 0.3) is 0 Å². The minimum absolute atomic E-state index is 0.122. The van der Waals surface area contributed by atoms with Gasteiger partial charge in [-0.15, -0.1) is 11.3 Å². The van der Waals surface area contributed by atoms with Gasteiger partial charge in [0, 0.05) is 30.0 Å². The summed E-state index contributed by atoms with van der Waals surface area (Å²) in [5.41, 5.74) is 3.19. The van der Waals surface area contributed by atoms with Crippen LogP contribution in [0.25, 0.3) is 10.6 Å². The number of nitrogens with zero attached hydrogens (tertiary/aromatic N) is 3. The van der Waals surface area contributed by atoms with Crippen molar-refractivity contribution in [2.24, 2.45) is 0 Å². The van der Waals surface area contributed by atoms with Crippen LogP contribution >= 0.6 is 11.3 Å². The van der Waals surface area contributed by atoms with E-state index >= 15 is 0 Å². The third-order valence-electron chi connectivity index (χ3n) is 4.88. The standard InChI is InChI=1S/C25H25N5O3S/c1-2-33-22-10-4-3-9-21(22)25-29-20(17-34-25)14-23(31)26-15-18-7-5-8-19(13-18)28-24(32)16-30-12-6-11-27-30/h3-13,17H,2,14-16H2,1H3,(H,26,31)(H,28,32). The molecule has 0 aliphatic carbocycles. The molecule has 0 aliphatic heterocycles. The number of carbonyl (C=O) groups is 2. The fourth-order valence-corrected chi connectivity index (χ4v) is 4.21. The van der Waals surface area contributed by atoms with Gasteiger partial charge in [-0.05, 0) is 42.8 Å². The number of aromatic nitrogens is 3. The smallest absolute Gasteiger partial charge is 0.246 e. The van der Waals surface area contributed by atoms with E-state index in [-0.39, 0.29) is 24.8 Å². The molecule has 0 radical (unpaired) electrons. The molecule has 34 heavy (non-hydrogen) atoms. The van der Waals surface area contributed by atoms with Gasteiger partial charge in [0.1, 0.15) is 17.3 Å². The van der Waals surface area contributed by atoms with Crippen molar-refractivity contribution in [2.75, 3.05) is 11.9 Å². The quantitative estimate of drug-likeness (QED) is 0.363. The highest BCUT2D eigenvalue weighted by molar-refractivity contribution is 7.13. The third kappa shape index (κ3) is 6.29. The summed E-state index contributed by atoms with van der Waals surface area (Å²) in [7, 11) is 0. The van der Waals surface area contributed by atoms with Gasteiger partial charge in [0.15, 0.2) is 0 Å². The first-order chi connectivity index (χ1) is 16.6. The second-order valence-electron chi connectivity index (χ2n) is 7.48. The fourth-order valence-electron chi connectivity index (χ4n) is 3.36. The fraction of sp³-hybridized carbons (Fsp3) is 0.200. The van der Waals surface area contributed by atoms with Gasteiger partial charge in [-0.3, -0.25) is 14.3 Å². The lowest BCUT2D eigenvalue weighted by Crippen LogP contribution is -2.24. The highest BCUT2D eigenvalue weighted by Crippen LogP contribution is 2.32. The van der Waals surface area contributed by atoms with Gasteiger partial charge in [0.2, 0.25) is 11.8 Å². The van der Waals surface area contributed by atoms with Gasteiger partial charge in [0.05, 0.1) is 24.3 Å². The summed E-state index contributed by atoms with van der Waals surface area (Å²) in [6.45, 7) is 3.01. The molecule has 4 aromatic rings. The molecule has 0 saturated carbocycles. The molecule has 4 rings (SSSR count). The molecule has 0 atom stereocenters. The van der Waals surface area contributed by atoms with Crippen molar-refractivity contribution in [1.29, 1.82) is 0 Å². The Morgan fingerprint density at radius 1 is 1.09 bits per heavy atom. The van der Waals surface area contributed by atoms with Gasteiger partial charge in [-0.25, -0.2) is 4.98 Å². The zero-order valence-electron chi connectivity index (χ0n) is 18.7. The molecule has 0 bridgehead atoms. The lowest BCUT2D eigenvalue weighted by Gasteiger charge is -2.09. The number of nitrogens with one attached hydrogen (secondary N) is 2. The van der Waals surface area contributed by atoms with Crippen LogP contribution < -0.4 is 15.4 Å². The van der Waals surface area contributed by atoms with Gasteiger partial charge in [-0.2, -0.15) is 5.10 Å². The Morgan fingerprint density at radius 2 is 1.97 bits per heavy atom. The lowest BCUT2D eigenvalue weighted by molar-refractivity contribution is -0.120. The molecule has 2 amide bonds. The maximum atomic E-state index is 12.5. The zero-order valence-corrected chi connectivity index (χ0v) is 19.5. The number of hydrogen-bond acceptors (Lipinski definition) is 6. The predicted octanol–water partition coefficient (Wildman–Crippen LogP) is 3.90. The minimum atomic E-state index is -0.171.